The summed E-state index contributed by atoms with van der Waals surface area (Å²) in [4.78, 5) is 14.0. The second-order valence-corrected chi connectivity index (χ2v) is 5.09. The Morgan fingerprint density at radius 2 is 1.85 bits per heavy atom. The molecule has 0 aliphatic rings. The van der Waals surface area contributed by atoms with Crippen molar-refractivity contribution in [3.63, 3.8) is 0 Å². The minimum absolute atomic E-state index is 0.00467. The van der Waals surface area contributed by atoms with Crippen LogP contribution in [0, 0.1) is 0 Å². The summed E-state index contributed by atoms with van der Waals surface area (Å²) in [5.41, 5.74) is 0.619. The van der Waals surface area contributed by atoms with E-state index in [1.165, 1.54) is 0 Å². The summed E-state index contributed by atoms with van der Waals surface area (Å²) in [6, 6.07) is 5.32. The zero-order valence-electron chi connectivity index (χ0n) is 12.3. The number of hydrogen-bond acceptors (Lipinski definition) is 3. The largest absolute Gasteiger partial charge is 0.490 e. The SMILES string of the molecule is CCOc1ccc(C(=O)N(C)CCCBr)cc1OCC. The Balaban J connectivity index is 2.89. The molecule has 0 bridgehead atoms. The molecule has 0 spiro atoms. The van der Waals surface area contributed by atoms with E-state index in [0.717, 1.165) is 18.3 Å². The number of nitrogens with zero attached hydrogens (tertiary/aromatic N) is 1. The van der Waals surface area contributed by atoms with Crippen LogP contribution < -0.4 is 9.47 Å². The van der Waals surface area contributed by atoms with Crippen LogP contribution in [0.1, 0.15) is 30.6 Å². The molecule has 0 N–H and O–H groups in total. The topological polar surface area (TPSA) is 38.8 Å². The fraction of sp³-hybridized carbons (Fsp3) is 0.533. The average Bonchev–Trinajstić information content (AvgIpc) is 2.46. The normalized spacial score (nSPS) is 10.2. The molecular formula is C15H22BrNO3. The number of ether oxygens (including phenoxy) is 2. The minimum atomic E-state index is -0.00467. The van der Waals surface area contributed by atoms with Crippen molar-refractivity contribution < 1.29 is 14.3 Å². The van der Waals surface area contributed by atoms with E-state index in [1.807, 2.05) is 20.9 Å². The zero-order valence-corrected chi connectivity index (χ0v) is 13.9. The van der Waals surface area contributed by atoms with Gasteiger partial charge in [0.05, 0.1) is 13.2 Å². The summed E-state index contributed by atoms with van der Waals surface area (Å²) in [6.45, 7) is 5.66. The minimum Gasteiger partial charge on any atom is -0.490 e. The lowest BCUT2D eigenvalue weighted by Crippen LogP contribution is -2.28. The molecule has 5 heteroatoms. The van der Waals surface area contributed by atoms with Gasteiger partial charge in [-0.25, -0.2) is 0 Å². The lowest BCUT2D eigenvalue weighted by molar-refractivity contribution is 0.0795. The highest BCUT2D eigenvalue weighted by Crippen LogP contribution is 2.28. The average molecular weight is 344 g/mol. The predicted octanol–water partition coefficient (Wildman–Crippen LogP) is 3.34. The molecule has 4 nitrogen and oxygen atoms in total. The molecule has 1 aromatic rings. The quantitative estimate of drug-likeness (QED) is 0.679. The highest BCUT2D eigenvalue weighted by molar-refractivity contribution is 9.09. The fourth-order valence-electron chi connectivity index (χ4n) is 1.80. The van der Waals surface area contributed by atoms with Crippen molar-refractivity contribution in [2.75, 3.05) is 32.1 Å². The maximum absolute atomic E-state index is 12.3. The molecular weight excluding hydrogens is 322 g/mol. The Hall–Kier alpha value is -1.23. The molecule has 0 saturated heterocycles. The Kier molecular flexibility index (Phi) is 7.44. The van der Waals surface area contributed by atoms with Crippen LogP contribution in [-0.4, -0.2) is 42.9 Å². The maximum atomic E-state index is 12.3. The van der Waals surface area contributed by atoms with Crippen molar-refractivity contribution in [2.45, 2.75) is 20.3 Å². The number of halogens is 1. The molecule has 20 heavy (non-hydrogen) atoms. The van der Waals surface area contributed by atoms with Gasteiger partial charge in [-0.2, -0.15) is 0 Å². The van der Waals surface area contributed by atoms with Crippen LogP contribution >= 0.6 is 15.9 Å². The molecule has 1 aromatic carbocycles. The van der Waals surface area contributed by atoms with Gasteiger partial charge in [0.25, 0.3) is 5.91 Å². The van der Waals surface area contributed by atoms with Gasteiger partial charge in [0, 0.05) is 24.5 Å². The fourth-order valence-corrected chi connectivity index (χ4v) is 2.05. The van der Waals surface area contributed by atoms with Crippen molar-refractivity contribution in [3.05, 3.63) is 23.8 Å². The van der Waals surface area contributed by atoms with Crippen LogP contribution in [0.2, 0.25) is 0 Å². The molecule has 0 unspecified atom stereocenters. The van der Waals surface area contributed by atoms with Crippen molar-refractivity contribution in [1.82, 2.24) is 4.90 Å². The van der Waals surface area contributed by atoms with E-state index in [-0.39, 0.29) is 5.91 Å². The van der Waals surface area contributed by atoms with Crippen molar-refractivity contribution in [1.29, 1.82) is 0 Å². The first-order valence-corrected chi connectivity index (χ1v) is 7.97. The number of rotatable bonds is 8. The van der Waals surface area contributed by atoms with E-state index < -0.39 is 0 Å². The Labute approximate surface area is 129 Å². The van der Waals surface area contributed by atoms with E-state index in [4.69, 9.17) is 9.47 Å². The molecule has 0 aliphatic carbocycles. The number of carbonyl (C=O) groups is 1. The van der Waals surface area contributed by atoms with Gasteiger partial charge in [0.15, 0.2) is 11.5 Å². The van der Waals surface area contributed by atoms with Crippen molar-refractivity contribution >= 4 is 21.8 Å². The molecule has 0 fully saturated rings. The van der Waals surface area contributed by atoms with E-state index >= 15 is 0 Å². The number of amides is 1. The van der Waals surface area contributed by atoms with Crippen LogP contribution in [0.3, 0.4) is 0 Å². The smallest absolute Gasteiger partial charge is 0.253 e. The Morgan fingerprint density at radius 1 is 1.20 bits per heavy atom. The van der Waals surface area contributed by atoms with Crippen LogP contribution in [0.25, 0.3) is 0 Å². The van der Waals surface area contributed by atoms with Gasteiger partial charge in [0.1, 0.15) is 0 Å². The van der Waals surface area contributed by atoms with Crippen LogP contribution in [0.15, 0.2) is 18.2 Å². The van der Waals surface area contributed by atoms with E-state index in [2.05, 4.69) is 15.9 Å². The maximum Gasteiger partial charge on any atom is 0.253 e. The third kappa shape index (κ3) is 4.71. The second kappa shape index (κ2) is 8.84. The number of alkyl halides is 1. The summed E-state index contributed by atoms with van der Waals surface area (Å²) in [5, 5.41) is 0.887. The van der Waals surface area contributed by atoms with Gasteiger partial charge in [-0.3, -0.25) is 4.79 Å². The van der Waals surface area contributed by atoms with Gasteiger partial charge < -0.3 is 14.4 Å². The molecule has 0 aromatic heterocycles. The number of carbonyl (C=O) groups excluding carboxylic acids is 1. The first kappa shape index (κ1) is 16.8. The highest BCUT2D eigenvalue weighted by Gasteiger charge is 2.14. The monoisotopic (exact) mass is 343 g/mol. The zero-order chi connectivity index (χ0) is 15.0. The van der Waals surface area contributed by atoms with Crippen molar-refractivity contribution in [3.8, 4) is 11.5 Å². The summed E-state index contributed by atoms with van der Waals surface area (Å²) in [7, 11) is 1.81. The molecule has 1 amide bonds. The lowest BCUT2D eigenvalue weighted by Gasteiger charge is -2.18. The second-order valence-electron chi connectivity index (χ2n) is 4.30. The van der Waals surface area contributed by atoms with Gasteiger partial charge in [-0.15, -0.1) is 0 Å². The Morgan fingerprint density at radius 3 is 2.45 bits per heavy atom. The molecule has 0 saturated carbocycles. The highest BCUT2D eigenvalue weighted by atomic mass is 79.9. The van der Waals surface area contributed by atoms with E-state index in [1.54, 1.807) is 23.1 Å². The van der Waals surface area contributed by atoms with Crippen molar-refractivity contribution in [2.24, 2.45) is 0 Å². The summed E-state index contributed by atoms with van der Waals surface area (Å²) in [6.07, 6.45) is 0.928. The molecule has 0 atom stereocenters. The standard InChI is InChI=1S/C15H22BrNO3/c1-4-19-13-8-7-12(11-14(13)20-5-2)15(18)17(3)10-6-9-16/h7-8,11H,4-6,9-10H2,1-3H3. The summed E-state index contributed by atoms with van der Waals surface area (Å²) < 4.78 is 11.0. The molecule has 0 radical (unpaired) electrons. The van der Waals surface area contributed by atoms with E-state index in [9.17, 15) is 4.79 Å². The molecule has 0 heterocycles. The first-order valence-electron chi connectivity index (χ1n) is 6.85. The molecule has 112 valence electrons. The van der Waals surface area contributed by atoms with Gasteiger partial charge >= 0.3 is 0 Å². The molecule has 0 aliphatic heterocycles. The van der Waals surface area contributed by atoms with E-state index in [0.29, 0.717) is 30.3 Å². The predicted molar refractivity (Wildman–Crippen MR) is 84.2 cm³/mol. The van der Waals surface area contributed by atoms with Gasteiger partial charge in [-0.1, -0.05) is 15.9 Å². The van der Waals surface area contributed by atoms with Gasteiger partial charge in [0.2, 0.25) is 0 Å². The van der Waals surface area contributed by atoms with Crippen LogP contribution in [0.4, 0.5) is 0 Å². The third-order valence-corrected chi connectivity index (χ3v) is 3.32. The summed E-state index contributed by atoms with van der Waals surface area (Å²) in [5.74, 6) is 1.29. The third-order valence-electron chi connectivity index (χ3n) is 2.76. The first-order chi connectivity index (χ1) is 9.63. The number of hydrogen-bond donors (Lipinski definition) is 0. The van der Waals surface area contributed by atoms with Crippen LogP contribution in [-0.2, 0) is 0 Å². The Bertz CT molecular complexity index is 437. The molecule has 1 rings (SSSR count). The lowest BCUT2D eigenvalue weighted by atomic mass is 10.1. The van der Waals surface area contributed by atoms with Crippen LogP contribution in [0.5, 0.6) is 11.5 Å². The van der Waals surface area contributed by atoms with Gasteiger partial charge in [-0.05, 0) is 38.5 Å². The summed E-state index contributed by atoms with van der Waals surface area (Å²) >= 11 is 3.37. The number of benzene rings is 1.